The first-order valence-electron chi connectivity index (χ1n) is 7.78. The predicted molar refractivity (Wildman–Crippen MR) is 93.6 cm³/mol. The van der Waals surface area contributed by atoms with Crippen molar-refractivity contribution in [3.63, 3.8) is 0 Å². The molecule has 1 aromatic carbocycles. The van der Waals surface area contributed by atoms with Crippen molar-refractivity contribution in [3.8, 4) is 5.88 Å². The molecule has 3 nitrogen and oxygen atoms in total. The van der Waals surface area contributed by atoms with Crippen molar-refractivity contribution in [1.29, 1.82) is 0 Å². The molecule has 1 fully saturated rings. The predicted octanol–water partition coefficient (Wildman–Crippen LogP) is 4.99. The lowest BCUT2D eigenvalue weighted by atomic mass is 9.82. The van der Waals surface area contributed by atoms with Gasteiger partial charge in [-0.3, -0.25) is 0 Å². The first-order chi connectivity index (χ1) is 10.8. The highest BCUT2D eigenvalue weighted by Crippen LogP contribution is 2.36. The van der Waals surface area contributed by atoms with Crippen molar-refractivity contribution < 1.29 is 4.74 Å². The minimum Gasteiger partial charge on any atom is -0.480 e. The number of methoxy groups -OCH3 is 1. The highest BCUT2D eigenvalue weighted by Gasteiger charge is 2.23. The zero-order valence-corrected chi connectivity index (χ0v) is 14.3. The standard InChI is InChI=1S/C18H21BrN2O/c1-22-18-17(19)16(11-12-20-18)21-15-9-7-14(8-10-15)13-5-3-2-4-6-13/h2-6,11-12,14-15H,7-10H2,1H3,(H,20,21)/t14-,15-. The van der Waals surface area contributed by atoms with Gasteiger partial charge in [0, 0.05) is 12.2 Å². The van der Waals surface area contributed by atoms with Gasteiger partial charge in [0.05, 0.1) is 12.8 Å². The van der Waals surface area contributed by atoms with Crippen LogP contribution in [0.25, 0.3) is 0 Å². The van der Waals surface area contributed by atoms with Crippen LogP contribution in [0.1, 0.15) is 37.2 Å². The molecule has 1 N–H and O–H groups in total. The number of hydrogen-bond donors (Lipinski definition) is 1. The summed E-state index contributed by atoms with van der Waals surface area (Å²) in [5.41, 5.74) is 2.54. The molecule has 0 unspecified atom stereocenters. The fourth-order valence-corrected chi connectivity index (χ4v) is 3.71. The minimum absolute atomic E-state index is 0.517. The molecule has 1 aliphatic carbocycles. The molecule has 0 atom stereocenters. The van der Waals surface area contributed by atoms with Gasteiger partial charge in [0.1, 0.15) is 4.47 Å². The molecule has 3 rings (SSSR count). The molecule has 1 aromatic heterocycles. The summed E-state index contributed by atoms with van der Waals surface area (Å²) >= 11 is 3.57. The molecule has 0 radical (unpaired) electrons. The lowest BCUT2D eigenvalue weighted by Crippen LogP contribution is -2.25. The number of rotatable bonds is 4. The molecule has 4 heteroatoms. The Bertz CT molecular complexity index is 610. The summed E-state index contributed by atoms with van der Waals surface area (Å²) in [5.74, 6) is 1.33. The van der Waals surface area contributed by atoms with Crippen molar-refractivity contribution in [1.82, 2.24) is 4.98 Å². The van der Waals surface area contributed by atoms with E-state index in [1.807, 2.05) is 6.07 Å². The summed E-state index contributed by atoms with van der Waals surface area (Å²) in [5, 5.41) is 3.63. The van der Waals surface area contributed by atoms with Crippen molar-refractivity contribution in [2.45, 2.75) is 37.6 Å². The first-order valence-corrected chi connectivity index (χ1v) is 8.57. The number of benzene rings is 1. The maximum Gasteiger partial charge on any atom is 0.229 e. The molecule has 22 heavy (non-hydrogen) atoms. The van der Waals surface area contributed by atoms with Gasteiger partial charge in [-0.1, -0.05) is 30.3 Å². The summed E-state index contributed by atoms with van der Waals surface area (Å²) in [6.07, 6.45) is 6.64. The smallest absolute Gasteiger partial charge is 0.229 e. The summed E-state index contributed by atoms with van der Waals surface area (Å²) in [4.78, 5) is 4.19. The van der Waals surface area contributed by atoms with Crippen molar-refractivity contribution in [2.24, 2.45) is 0 Å². The van der Waals surface area contributed by atoms with E-state index in [2.05, 4.69) is 56.6 Å². The van der Waals surface area contributed by atoms with Gasteiger partial charge < -0.3 is 10.1 Å². The van der Waals surface area contributed by atoms with E-state index >= 15 is 0 Å². The van der Waals surface area contributed by atoms with Crippen LogP contribution >= 0.6 is 15.9 Å². The Morgan fingerprint density at radius 3 is 2.50 bits per heavy atom. The molecule has 2 aromatic rings. The molecule has 1 aliphatic rings. The molecule has 1 heterocycles. The maximum atomic E-state index is 5.25. The second-order valence-corrected chi connectivity index (χ2v) is 6.58. The van der Waals surface area contributed by atoms with E-state index in [1.165, 1.54) is 31.2 Å². The van der Waals surface area contributed by atoms with Crippen LogP contribution in [0.2, 0.25) is 0 Å². The van der Waals surface area contributed by atoms with Gasteiger partial charge in [0.2, 0.25) is 5.88 Å². The monoisotopic (exact) mass is 360 g/mol. The Hall–Kier alpha value is -1.55. The first kappa shape index (κ1) is 15.3. The van der Waals surface area contributed by atoms with E-state index in [1.54, 1.807) is 13.3 Å². The van der Waals surface area contributed by atoms with Crippen LogP contribution in [0, 0.1) is 0 Å². The van der Waals surface area contributed by atoms with Gasteiger partial charge in [0.15, 0.2) is 0 Å². The highest BCUT2D eigenvalue weighted by molar-refractivity contribution is 9.10. The Balaban J connectivity index is 1.61. The van der Waals surface area contributed by atoms with Gasteiger partial charge in [0.25, 0.3) is 0 Å². The third-order valence-corrected chi connectivity index (χ3v) is 5.17. The van der Waals surface area contributed by atoms with Crippen molar-refractivity contribution in [2.75, 3.05) is 12.4 Å². The lowest BCUT2D eigenvalue weighted by molar-refractivity contribution is 0.394. The van der Waals surface area contributed by atoms with E-state index in [0.29, 0.717) is 17.8 Å². The number of nitrogens with zero attached hydrogens (tertiary/aromatic N) is 1. The molecule has 116 valence electrons. The molecular formula is C18H21BrN2O. The van der Waals surface area contributed by atoms with E-state index in [4.69, 9.17) is 4.74 Å². The highest BCUT2D eigenvalue weighted by atomic mass is 79.9. The van der Waals surface area contributed by atoms with Crippen molar-refractivity contribution >= 4 is 21.6 Å². The quantitative estimate of drug-likeness (QED) is 0.833. The molecule has 1 saturated carbocycles. The molecule has 0 amide bonds. The third kappa shape index (κ3) is 3.43. The summed E-state index contributed by atoms with van der Waals surface area (Å²) in [6, 6.07) is 13.4. The number of anilines is 1. The van der Waals surface area contributed by atoms with Crippen LogP contribution in [0.15, 0.2) is 47.1 Å². The SMILES string of the molecule is COc1nccc(N[C@H]2CC[C@H](c3ccccc3)CC2)c1Br. The topological polar surface area (TPSA) is 34.1 Å². The number of pyridine rings is 1. The number of aromatic nitrogens is 1. The molecule has 0 spiro atoms. The largest absolute Gasteiger partial charge is 0.480 e. The number of hydrogen-bond acceptors (Lipinski definition) is 3. The number of nitrogens with one attached hydrogen (secondary N) is 1. The number of halogens is 1. The average Bonchev–Trinajstić information content (AvgIpc) is 2.58. The van der Waals surface area contributed by atoms with Crippen LogP contribution in [0.3, 0.4) is 0 Å². The zero-order chi connectivity index (χ0) is 15.4. The van der Waals surface area contributed by atoms with Crippen LogP contribution in [-0.4, -0.2) is 18.1 Å². The summed E-state index contributed by atoms with van der Waals surface area (Å²) < 4.78 is 6.16. The van der Waals surface area contributed by atoms with E-state index in [-0.39, 0.29) is 0 Å². The fraction of sp³-hybridized carbons (Fsp3) is 0.389. The van der Waals surface area contributed by atoms with E-state index < -0.39 is 0 Å². The van der Waals surface area contributed by atoms with Crippen LogP contribution in [0.5, 0.6) is 5.88 Å². The Morgan fingerprint density at radius 2 is 1.82 bits per heavy atom. The van der Waals surface area contributed by atoms with Gasteiger partial charge in [-0.25, -0.2) is 4.98 Å². The molecular weight excluding hydrogens is 340 g/mol. The average molecular weight is 361 g/mol. The second kappa shape index (κ2) is 7.14. The molecule has 0 aliphatic heterocycles. The lowest BCUT2D eigenvalue weighted by Gasteiger charge is -2.30. The molecule has 0 saturated heterocycles. The van der Waals surface area contributed by atoms with Crippen molar-refractivity contribution in [3.05, 3.63) is 52.6 Å². The Kier molecular flexibility index (Phi) is 4.98. The van der Waals surface area contributed by atoms with E-state index in [0.717, 1.165) is 10.2 Å². The number of ether oxygens (including phenoxy) is 1. The second-order valence-electron chi connectivity index (χ2n) is 5.79. The van der Waals surface area contributed by atoms with E-state index in [9.17, 15) is 0 Å². The van der Waals surface area contributed by atoms with Crippen LogP contribution in [0.4, 0.5) is 5.69 Å². The van der Waals surface area contributed by atoms with Gasteiger partial charge >= 0.3 is 0 Å². The van der Waals surface area contributed by atoms with Gasteiger partial charge in [-0.05, 0) is 59.2 Å². The summed E-state index contributed by atoms with van der Waals surface area (Å²) in [6.45, 7) is 0. The zero-order valence-electron chi connectivity index (χ0n) is 12.8. The maximum absolute atomic E-state index is 5.25. The third-order valence-electron chi connectivity index (χ3n) is 4.41. The van der Waals surface area contributed by atoms with Crippen LogP contribution in [-0.2, 0) is 0 Å². The van der Waals surface area contributed by atoms with Gasteiger partial charge in [-0.15, -0.1) is 0 Å². The Labute approximate surface area is 140 Å². The summed E-state index contributed by atoms with van der Waals surface area (Å²) in [7, 11) is 1.64. The van der Waals surface area contributed by atoms with Gasteiger partial charge in [-0.2, -0.15) is 0 Å². The normalized spacial score (nSPS) is 21.4. The fourth-order valence-electron chi connectivity index (χ4n) is 3.19. The van der Waals surface area contributed by atoms with Crippen LogP contribution < -0.4 is 10.1 Å². The molecule has 0 bridgehead atoms. The minimum atomic E-state index is 0.517. The Morgan fingerprint density at radius 1 is 1.09 bits per heavy atom.